The molecule has 0 fully saturated rings. The fourth-order valence-corrected chi connectivity index (χ4v) is 2.89. The van der Waals surface area contributed by atoms with Crippen LogP contribution in [0.4, 0.5) is 5.69 Å². The molecule has 1 atom stereocenters. The standard InChI is InChI=1S/C15H22N2/c1-10-8-7-9-11(2)14(10)17-13(4)12(3)16-15(17,5)6/h7-9,13H,1-6H3. The summed E-state index contributed by atoms with van der Waals surface area (Å²) in [5, 5.41) is 0. The zero-order chi connectivity index (χ0) is 12.8. The molecule has 0 aliphatic carbocycles. The Labute approximate surface area is 104 Å². The van der Waals surface area contributed by atoms with Crippen molar-refractivity contribution in [1.29, 1.82) is 0 Å². The Kier molecular flexibility index (Phi) is 2.76. The SMILES string of the molecule is CC1=NC(C)(C)N(c2c(C)cccc2C)C1C. The number of aliphatic imine (C=N–C) groups is 1. The van der Waals surface area contributed by atoms with Crippen LogP contribution < -0.4 is 4.90 Å². The van der Waals surface area contributed by atoms with E-state index in [1.165, 1.54) is 22.5 Å². The van der Waals surface area contributed by atoms with Crippen LogP contribution in [-0.4, -0.2) is 17.4 Å². The smallest absolute Gasteiger partial charge is 0.126 e. The molecule has 0 bridgehead atoms. The van der Waals surface area contributed by atoms with E-state index in [4.69, 9.17) is 4.99 Å². The highest BCUT2D eigenvalue weighted by atomic mass is 15.4. The average molecular weight is 230 g/mol. The first kappa shape index (κ1) is 12.2. The summed E-state index contributed by atoms with van der Waals surface area (Å²) in [5.41, 5.74) is 5.08. The molecule has 0 radical (unpaired) electrons. The van der Waals surface area contributed by atoms with Crippen LogP contribution in [0, 0.1) is 13.8 Å². The van der Waals surface area contributed by atoms with E-state index in [1.807, 2.05) is 0 Å². The predicted molar refractivity (Wildman–Crippen MR) is 75.0 cm³/mol. The van der Waals surface area contributed by atoms with E-state index in [9.17, 15) is 0 Å². The van der Waals surface area contributed by atoms with Crippen molar-refractivity contribution < 1.29 is 0 Å². The highest BCUT2D eigenvalue weighted by Gasteiger charge is 2.38. The Hall–Kier alpha value is -1.31. The fraction of sp³-hybridized carbons (Fsp3) is 0.533. The van der Waals surface area contributed by atoms with Crippen LogP contribution >= 0.6 is 0 Å². The van der Waals surface area contributed by atoms with E-state index in [1.54, 1.807) is 0 Å². The van der Waals surface area contributed by atoms with Crippen LogP contribution in [0.3, 0.4) is 0 Å². The minimum atomic E-state index is -0.139. The summed E-state index contributed by atoms with van der Waals surface area (Å²) in [6.07, 6.45) is 0. The largest absolute Gasteiger partial charge is 0.339 e. The van der Waals surface area contributed by atoms with Crippen LogP contribution in [0.1, 0.15) is 38.8 Å². The third-order valence-corrected chi connectivity index (χ3v) is 3.71. The first-order valence-electron chi connectivity index (χ1n) is 6.26. The summed E-state index contributed by atoms with van der Waals surface area (Å²) in [4.78, 5) is 7.22. The van der Waals surface area contributed by atoms with Crippen molar-refractivity contribution in [2.75, 3.05) is 4.90 Å². The van der Waals surface area contributed by atoms with Crippen molar-refractivity contribution in [3.63, 3.8) is 0 Å². The number of hydrogen-bond acceptors (Lipinski definition) is 2. The molecule has 17 heavy (non-hydrogen) atoms. The van der Waals surface area contributed by atoms with E-state index >= 15 is 0 Å². The summed E-state index contributed by atoms with van der Waals surface area (Å²) in [6.45, 7) is 13.1. The fourth-order valence-electron chi connectivity index (χ4n) is 2.89. The van der Waals surface area contributed by atoms with Gasteiger partial charge in [0.25, 0.3) is 0 Å². The number of anilines is 1. The number of benzene rings is 1. The highest BCUT2D eigenvalue weighted by molar-refractivity contribution is 5.94. The summed E-state index contributed by atoms with van der Waals surface area (Å²) in [5.74, 6) is 0. The minimum Gasteiger partial charge on any atom is -0.339 e. The van der Waals surface area contributed by atoms with Crippen molar-refractivity contribution in [3.05, 3.63) is 29.3 Å². The molecule has 2 heteroatoms. The van der Waals surface area contributed by atoms with Gasteiger partial charge in [-0.25, -0.2) is 0 Å². The lowest BCUT2D eigenvalue weighted by atomic mass is 10.0. The lowest BCUT2D eigenvalue weighted by molar-refractivity contribution is 0.502. The summed E-state index contributed by atoms with van der Waals surface area (Å²) in [7, 11) is 0. The lowest BCUT2D eigenvalue weighted by Gasteiger charge is -2.37. The van der Waals surface area contributed by atoms with Crippen molar-refractivity contribution in [2.45, 2.75) is 53.2 Å². The Morgan fingerprint density at radius 2 is 1.65 bits per heavy atom. The highest BCUT2D eigenvalue weighted by Crippen LogP contribution is 2.37. The molecule has 0 aromatic heterocycles. The summed E-state index contributed by atoms with van der Waals surface area (Å²) < 4.78 is 0. The molecule has 1 unspecified atom stereocenters. The zero-order valence-electron chi connectivity index (χ0n) is 11.7. The monoisotopic (exact) mass is 230 g/mol. The molecule has 1 aliphatic heterocycles. The van der Waals surface area contributed by atoms with Gasteiger partial charge in [-0.1, -0.05) is 18.2 Å². The van der Waals surface area contributed by atoms with Crippen molar-refractivity contribution in [2.24, 2.45) is 4.99 Å². The van der Waals surface area contributed by atoms with Gasteiger partial charge in [-0.15, -0.1) is 0 Å². The van der Waals surface area contributed by atoms with E-state index in [2.05, 4.69) is 64.6 Å². The Balaban J connectivity index is 2.55. The maximum absolute atomic E-state index is 4.78. The van der Waals surface area contributed by atoms with Crippen LogP contribution in [0.15, 0.2) is 23.2 Å². The third kappa shape index (κ3) is 1.86. The van der Waals surface area contributed by atoms with Crippen LogP contribution in [-0.2, 0) is 0 Å². The minimum absolute atomic E-state index is 0.139. The van der Waals surface area contributed by atoms with E-state index < -0.39 is 0 Å². The molecule has 0 N–H and O–H groups in total. The van der Waals surface area contributed by atoms with E-state index in [0.717, 1.165) is 0 Å². The van der Waals surface area contributed by atoms with Gasteiger partial charge in [0.15, 0.2) is 0 Å². The molecular weight excluding hydrogens is 208 g/mol. The molecule has 2 nitrogen and oxygen atoms in total. The van der Waals surface area contributed by atoms with Crippen molar-refractivity contribution >= 4 is 11.4 Å². The van der Waals surface area contributed by atoms with Gasteiger partial charge >= 0.3 is 0 Å². The van der Waals surface area contributed by atoms with Crippen molar-refractivity contribution in [1.82, 2.24) is 0 Å². The average Bonchev–Trinajstić information content (AvgIpc) is 2.39. The lowest BCUT2D eigenvalue weighted by Crippen LogP contribution is -2.44. The van der Waals surface area contributed by atoms with Crippen molar-refractivity contribution in [3.8, 4) is 0 Å². The summed E-state index contributed by atoms with van der Waals surface area (Å²) in [6, 6.07) is 6.86. The topological polar surface area (TPSA) is 15.6 Å². The second kappa shape index (κ2) is 3.86. The van der Waals surface area contributed by atoms with Gasteiger partial charge in [0.2, 0.25) is 0 Å². The quantitative estimate of drug-likeness (QED) is 0.718. The normalized spacial score (nSPS) is 22.8. The van der Waals surface area contributed by atoms with Crippen LogP contribution in [0.5, 0.6) is 0 Å². The number of rotatable bonds is 1. The Morgan fingerprint density at radius 3 is 2.06 bits per heavy atom. The number of aryl methyl sites for hydroxylation is 2. The van der Waals surface area contributed by atoms with Crippen LogP contribution in [0.2, 0.25) is 0 Å². The first-order chi connectivity index (χ1) is 7.84. The molecular formula is C15H22N2. The molecule has 2 rings (SSSR count). The van der Waals surface area contributed by atoms with Gasteiger partial charge in [-0.3, -0.25) is 4.99 Å². The van der Waals surface area contributed by atoms with Gasteiger partial charge < -0.3 is 4.90 Å². The molecule has 1 aromatic rings. The Bertz CT molecular complexity index is 452. The molecule has 1 heterocycles. The molecule has 0 saturated carbocycles. The molecule has 0 saturated heterocycles. The number of nitrogens with zero attached hydrogens (tertiary/aromatic N) is 2. The van der Waals surface area contributed by atoms with Gasteiger partial charge in [0.05, 0.1) is 6.04 Å². The van der Waals surface area contributed by atoms with Gasteiger partial charge in [0, 0.05) is 11.4 Å². The summed E-state index contributed by atoms with van der Waals surface area (Å²) >= 11 is 0. The van der Waals surface area contributed by atoms with Crippen LogP contribution in [0.25, 0.3) is 0 Å². The molecule has 92 valence electrons. The second-order valence-electron chi connectivity index (χ2n) is 5.53. The second-order valence-corrected chi connectivity index (χ2v) is 5.53. The predicted octanol–water partition coefficient (Wildman–Crippen LogP) is 3.71. The maximum Gasteiger partial charge on any atom is 0.126 e. The van der Waals surface area contributed by atoms with E-state index in [0.29, 0.717) is 6.04 Å². The molecule has 0 spiro atoms. The maximum atomic E-state index is 4.78. The third-order valence-electron chi connectivity index (χ3n) is 3.71. The molecule has 1 aromatic carbocycles. The van der Waals surface area contributed by atoms with Gasteiger partial charge in [-0.2, -0.15) is 0 Å². The molecule has 1 aliphatic rings. The zero-order valence-corrected chi connectivity index (χ0v) is 11.7. The number of para-hydroxylation sites is 1. The Morgan fingerprint density at radius 1 is 1.12 bits per heavy atom. The number of hydrogen-bond donors (Lipinski definition) is 0. The first-order valence-corrected chi connectivity index (χ1v) is 6.26. The van der Waals surface area contributed by atoms with Gasteiger partial charge in [0.1, 0.15) is 5.66 Å². The van der Waals surface area contributed by atoms with E-state index in [-0.39, 0.29) is 5.66 Å². The van der Waals surface area contributed by atoms with Gasteiger partial charge in [-0.05, 0) is 52.7 Å². The molecule has 0 amide bonds.